The van der Waals surface area contributed by atoms with Gasteiger partial charge in [0.1, 0.15) is 11.9 Å². The fourth-order valence-electron chi connectivity index (χ4n) is 2.51. The van der Waals surface area contributed by atoms with Crippen LogP contribution in [0.3, 0.4) is 0 Å². The molecule has 0 aliphatic heterocycles. The maximum absolute atomic E-state index is 12.4. The summed E-state index contributed by atoms with van der Waals surface area (Å²) in [6, 6.07) is 5.40. The minimum absolute atomic E-state index is 0.322. The number of hydrogen-bond donors (Lipinski definition) is 0. The summed E-state index contributed by atoms with van der Waals surface area (Å²) in [7, 11) is 0. The van der Waals surface area contributed by atoms with Gasteiger partial charge in [-0.15, -0.1) is 0 Å². The molecule has 1 aromatic carbocycles. The summed E-state index contributed by atoms with van der Waals surface area (Å²) < 4.78 is 10.5. The van der Waals surface area contributed by atoms with Crippen LogP contribution < -0.4 is 4.74 Å². The third-order valence-corrected chi connectivity index (χ3v) is 3.62. The number of carbonyl (C=O) groups excluding carboxylic acids is 2. The summed E-state index contributed by atoms with van der Waals surface area (Å²) >= 11 is 0. The van der Waals surface area contributed by atoms with Crippen molar-refractivity contribution in [1.82, 2.24) is 0 Å². The van der Waals surface area contributed by atoms with Gasteiger partial charge in [-0.25, -0.2) is 4.79 Å². The minimum atomic E-state index is -0.349. The molecule has 0 bridgehead atoms. The van der Waals surface area contributed by atoms with E-state index in [0.29, 0.717) is 24.2 Å². The molecule has 0 fully saturated rings. The Morgan fingerprint density at radius 2 is 2.08 bits per heavy atom. The maximum atomic E-state index is 12.4. The molecule has 1 aliphatic carbocycles. The number of hydrogen-bond acceptors (Lipinski definition) is 4. The molecule has 0 spiro atoms. The largest absolute Gasteiger partial charge is 0.454 e. The third kappa shape index (κ3) is 5.31. The fraction of sp³-hybridized carbons (Fsp3) is 0.238. The van der Waals surface area contributed by atoms with Gasteiger partial charge in [-0.1, -0.05) is 29.9 Å². The van der Waals surface area contributed by atoms with Gasteiger partial charge in [0.15, 0.2) is 0 Å². The minimum Gasteiger partial charge on any atom is -0.454 e. The van der Waals surface area contributed by atoms with E-state index in [-0.39, 0.29) is 12.1 Å². The average molecular weight is 338 g/mol. The number of ether oxygens (including phenoxy) is 2. The molecule has 1 aromatic rings. The predicted octanol–water partition coefficient (Wildman–Crippen LogP) is 4.17. The summed E-state index contributed by atoms with van der Waals surface area (Å²) in [5, 5.41) is 0. The molecule has 0 radical (unpaired) electrons. The third-order valence-electron chi connectivity index (χ3n) is 3.62. The molecule has 25 heavy (non-hydrogen) atoms. The van der Waals surface area contributed by atoms with Gasteiger partial charge in [-0.3, -0.25) is 4.79 Å². The van der Waals surface area contributed by atoms with Gasteiger partial charge < -0.3 is 9.47 Å². The smallest absolute Gasteiger partial charge is 0.338 e. The Morgan fingerprint density at radius 1 is 1.28 bits per heavy atom. The van der Waals surface area contributed by atoms with Crippen LogP contribution in [0.15, 0.2) is 59.7 Å². The zero-order valence-corrected chi connectivity index (χ0v) is 14.7. The van der Waals surface area contributed by atoms with Crippen molar-refractivity contribution in [2.24, 2.45) is 0 Å². The van der Waals surface area contributed by atoms with Crippen molar-refractivity contribution in [3.63, 3.8) is 0 Å². The number of benzene rings is 1. The maximum Gasteiger partial charge on any atom is 0.338 e. The Morgan fingerprint density at radius 3 is 2.76 bits per heavy atom. The Labute approximate surface area is 148 Å². The van der Waals surface area contributed by atoms with E-state index in [2.05, 4.69) is 0 Å². The molecule has 0 amide bonds. The standard InChI is InChI=1S/C21H22O4/c1-4-5-6-18(11-15(2)3)21(23)25-20-10-8-16-12-19(24-14-22)9-7-17(16)13-20/h4-12,14,20H,13H2,1-3H3/b5-4+,18-6+. The van der Waals surface area contributed by atoms with Crippen LogP contribution in [0.4, 0.5) is 0 Å². The first-order chi connectivity index (χ1) is 12.0. The molecule has 130 valence electrons. The first-order valence-corrected chi connectivity index (χ1v) is 8.13. The Kier molecular flexibility index (Phi) is 6.52. The first kappa shape index (κ1) is 18.5. The highest BCUT2D eigenvalue weighted by Gasteiger charge is 2.19. The van der Waals surface area contributed by atoms with Crippen molar-refractivity contribution in [3.05, 3.63) is 70.9 Å². The molecule has 1 unspecified atom stereocenters. The van der Waals surface area contributed by atoms with Crippen LogP contribution >= 0.6 is 0 Å². The van der Waals surface area contributed by atoms with Crippen molar-refractivity contribution >= 4 is 18.5 Å². The van der Waals surface area contributed by atoms with Crippen LogP contribution in [0.25, 0.3) is 6.08 Å². The van der Waals surface area contributed by atoms with Crippen molar-refractivity contribution in [1.29, 1.82) is 0 Å². The number of allylic oxidation sites excluding steroid dienone is 4. The van der Waals surface area contributed by atoms with Crippen molar-refractivity contribution in [2.45, 2.75) is 33.3 Å². The van der Waals surface area contributed by atoms with E-state index in [4.69, 9.17) is 9.47 Å². The second-order valence-corrected chi connectivity index (χ2v) is 5.95. The summed E-state index contributed by atoms with van der Waals surface area (Å²) in [5.74, 6) is 0.146. The SMILES string of the molecule is C/C=C/C=C(\C=C(C)C)C(=O)OC1C=Cc2cc(OC=O)ccc2C1. The Balaban J connectivity index is 2.11. The van der Waals surface area contributed by atoms with E-state index in [1.165, 1.54) is 0 Å². The predicted molar refractivity (Wildman–Crippen MR) is 98.1 cm³/mol. The molecule has 0 saturated carbocycles. The number of carbonyl (C=O) groups is 2. The lowest BCUT2D eigenvalue weighted by atomic mass is 9.95. The zero-order chi connectivity index (χ0) is 18.2. The van der Waals surface area contributed by atoms with E-state index in [0.717, 1.165) is 16.7 Å². The molecule has 1 aliphatic rings. The molecule has 0 heterocycles. The van der Waals surface area contributed by atoms with Crippen molar-refractivity contribution < 1.29 is 19.1 Å². The lowest BCUT2D eigenvalue weighted by molar-refractivity contribution is -0.141. The molecule has 0 N–H and O–H groups in total. The highest BCUT2D eigenvalue weighted by atomic mass is 16.5. The van der Waals surface area contributed by atoms with E-state index in [1.54, 1.807) is 18.2 Å². The summed E-state index contributed by atoms with van der Waals surface area (Å²) in [5.41, 5.74) is 3.55. The van der Waals surface area contributed by atoms with Crippen LogP contribution in [0, 0.1) is 0 Å². The number of fused-ring (bicyclic) bond motifs is 1. The van der Waals surface area contributed by atoms with Crippen LogP contribution in [0.2, 0.25) is 0 Å². The second-order valence-electron chi connectivity index (χ2n) is 5.95. The zero-order valence-electron chi connectivity index (χ0n) is 14.7. The summed E-state index contributed by atoms with van der Waals surface area (Å²) in [4.78, 5) is 22.9. The normalized spacial score (nSPS) is 16.3. The van der Waals surface area contributed by atoms with E-state index < -0.39 is 0 Å². The topological polar surface area (TPSA) is 52.6 Å². The molecule has 2 rings (SSSR count). The van der Waals surface area contributed by atoms with Gasteiger partial charge in [0.2, 0.25) is 0 Å². The number of esters is 1. The summed E-state index contributed by atoms with van der Waals surface area (Å²) in [6.45, 7) is 6.17. The average Bonchev–Trinajstić information content (AvgIpc) is 2.58. The van der Waals surface area contributed by atoms with Crippen LogP contribution in [-0.4, -0.2) is 18.5 Å². The van der Waals surface area contributed by atoms with E-state index >= 15 is 0 Å². The highest BCUT2D eigenvalue weighted by molar-refractivity contribution is 5.92. The summed E-state index contributed by atoms with van der Waals surface area (Å²) in [6.07, 6.45) is 11.2. The van der Waals surface area contributed by atoms with Crippen molar-refractivity contribution in [3.8, 4) is 5.75 Å². The number of rotatable bonds is 6. The lowest BCUT2D eigenvalue weighted by Crippen LogP contribution is -2.21. The first-order valence-electron chi connectivity index (χ1n) is 8.13. The molecule has 1 atom stereocenters. The van der Waals surface area contributed by atoms with Gasteiger partial charge in [0.05, 0.1) is 5.57 Å². The molecular formula is C21H22O4. The molecular weight excluding hydrogens is 316 g/mol. The van der Waals surface area contributed by atoms with Gasteiger partial charge in [0.25, 0.3) is 6.47 Å². The second kappa shape index (κ2) is 8.83. The van der Waals surface area contributed by atoms with E-state index in [9.17, 15) is 9.59 Å². The van der Waals surface area contributed by atoms with Gasteiger partial charge in [0, 0.05) is 6.42 Å². The van der Waals surface area contributed by atoms with Gasteiger partial charge in [-0.2, -0.15) is 0 Å². The monoisotopic (exact) mass is 338 g/mol. The molecule has 4 heteroatoms. The quantitative estimate of drug-likeness (QED) is 0.338. The molecule has 0 saturated heterocycles. The Bertz CT molecular complexity index is 762. The Hall–Kier alpha value is -2.88. The fourth-order valence-corrected chi connectivity index (χ4v) is 2.51. The lowest BCUT2D eigenvalue weighted by Gasteiger charge is -2.20. The van der Waals surface area contributed by atoms with Crippen LogP contribution in [0.5, 0.6) is 5.75 Å². The van der Waals surface area contributed by atoms with Crippen LogP contribution in [0.1, 0.15) is 31.9 Å². The van der Waals surface area contributed by atoms with Gasteiger partial charge in [-0.05, 0) is 62.3 Å². The van der Waals surface area contributed by atoms with E-state index in [1.807, 2.05) is 57.2 Å². The molecule has 0 aromatic heterocycles. The van der Waals surface area contributed by atoms with Crippen LogP contribution in [-0.2, 0) is 20.7 Å². The van der Waals surface area contributed by atoms with Crippen molar-refractivity contribution in [2.75, 3.05) is 0 Å². The highest BCUT2D eigenvalue weighted by Crippen LogP contribution is 2.25. The molecule has 4 nitrogen and oxygen atoms in total. The van der Waals surface area contributed by atoms with Gasteiger partial charge >= 0.3 is 5.97 Å².